The molecule has 0 bridgehead atoms. The standard InChI is InChI=1S/C14H17F3N4O2S/c1-13(2,3)11-18-8-7(9(19-11)24-6-14(15,16)17)10(22)21(5)12(23)20(8)4/h6H2,1-5H3. The minimum atomic E-state index is -4.41. The van der Waals surface area contributed by atoms with E-state index in [2.05, 4.69) is 9.97 Å². The fourth-order valence-corrected chi connectivity index (χ4v) is 2.79. The summed E-state index contributed by atoms with van der Waals surface area (Å²) in [5.74, 6) is -0.919. The van der Waals surface area contributed by atoms with Crippen molar-refractivity contribution in [3.8, 4) is 0 Å². The van der Waals surface area contributed by atoms with E-state index in [0.29, 0.717) is 11.8 Å². The Bertz CT molecular complexity index is 910. The van der Waals surface area contributed by atoms with Crippen molar-refractivity contribution in [2.45, 2.75) is 37.4 Å². The SMILES string of the molecule is Cn1c(=O)c2c(SCC(F)(F)F)nc(C(C)(C)C)nc2n(C)c1=O. The molecule has 0 fully saturated rings. The molecular formula is C14H17F3N4O2S. The van der Waals surface area contributed by atoms with Crippen LogP contribution in [0.5, 0.6) is 0 Å². The quantitative estimate of drug-likeness (QED) is 0.604. The van der Waals surface area contributed by atoms with Gasteiger partial charge in [0.15, 0.2) is 5.65 Å². The van der Waals surface area contributed by atoms with Gasteiger partial charge in [-0.25, -0.2) is 14.8 Å². The lowest BCUT2D eigenvalue weighted by atomic mass is 9.96. The van der Waals surface area contributed by atoms with Crippen LogP contribution in [0.25, 0.3) is 11.0 Å². The fourth-order valence-electron chi connectivity index (χ4n) is 2.02. The van der Waals surface area contributed by atoms with E-state index >= 15 is 0 Å². The number of fused-ring (bicyclic) bond motifs is 1. The Labute approximate surface area is 139 Å². The topological polar surface area (TPSA) is 69.8 Å². The van der Waals surface area contributed by atoms with Gasteiger partial charge >= 0.3 is 11.9 Å². The minimum absolute atomic E-state index is 0.0349. The lowest BCUT2D eigenvalue weighted by molar-refractivity contribution is -0.105. The highest BCUT2D eigenvalue weighted by atomic mass is 32.2. The zero-order valence-electron chi connectivity index (χ0n) is 13.9. The molecule has 0 amide bonds. The van der Waals surface area contributed by atoms with E-state index in [1.165, 1.54) is 14.1 Å². The molecule has 0 spiro atoms. The van der Waals surface area contributed by atoms with Crippen LogP contribution in [-0.4, -0.2) is 31.0 Å². The van der Waals surface area contributed by atoms with Crippen molar-refractivity contribution >= 4 is 22.8 Å². The molecule has 0 saturated heterocycles. The third-order valence-corrected chi connectivity index (χ3v) is 4.35. The van der Waals surface area contributed by atoms with Gasteiger partial charge in [0.25, 0.3) is 5.56 Å². The predicted molar refractivity (Wildman–Crippen MR) is 85.5 cm³/mol. The number of rotatable bonds is 2. The normalized spacial score (nSPS) is 12.8. The number of hydrogen-bond acceptors (Lipinski definition) is 5. The first-order valence-electron chi connectivity index (χ1n) is 7.00. The van der Waals surface area contributed by atoms with E-state index in [4.69, 9.17) is 0 Å². The summed E-state index contributed by atoms with van der Waals surface area (Å²) in [5, 5.41) is -0.152. The van der Waals surface area contributed by atoms with E-state index < -0.39 is 28.6 Å². The minimum Gasteiger partial charge on any atom is -0.280 e. The van der Waals surface area contributed by atoms with Crippen molar-refractivity contribution < 1.29 is 13.2 Å². The van der Waals surface area contributed by atoms with E-state index in [0.717, 1.165) is 9.13 Å². The maximum absolute atomic E-state index is 12.6. The number of aryl methyl sites for hydroxylation is 1. The van der Waals surface area contributed by atoms with Crippen LogP contribution >= 0.6 is 11.8 Å². The Morgan fingerprint density at radius 2 is 1.62 bits per heavy atom. The van der Waals surface area contributed by atoms with E-state index in [9.17, 15) is 22.8 Å². The van der Waals surface area contributed by atoms with Gasteiger partial charge in [-0.3, -0.25) is 13.9 Å². The summed E-state index contributed by atoms with van der Waals surface area (Å²) in [6.07, 6.45) is -4.41. The number of aromatic nitrogens is 4. The molecule has 10 heteroatoms. The van der Waals surface area contributed by atoms with Crippen LogP contribution in [-0.2, 0) is 19.5 Å². The van der Waals surface area contributed by atoms with Gasteiger partial charge in [-0.2, -0.15) is 13.2 Å². The summed E-state index contributed by atoms with van der Waals surface area (Å²) < 4.78 is 39.8. The lowest BCUT2D eigenvalue weighted by Gasteiger charge is -2.19. The second-order valence-corrected chi connectivity index (χ2v) is 7.37. The van der Waals surface area contributed by atoms with Crippen molar-refractivity contribution in [2.75, 3.05) is 5.75 Å². The molecule has 0 atom stereocenters. The van der Waals surface area contributed by atoms with Crippen molar-refractivity contribution in [3.63, 3.8) is 0 Å². The van der Waals surface area contributed by atoms with Gasteiger partial charge in [0.1, 0.15) is 16.2 Å². The zero-order valence-corrected chi connectivity index (χ0v) is 14.7. The molecule has 0 unspecified atom stereocenters. The molecule has 2 heterocycles. The maximum atomic E-state index is 12.6. The second-order valence-electron chi connectivity index (χ2n) is 6.41. The molecular weight excluding hydrogens is 345 g/mol. The molecule has 2 rings (SSSR count). The van der Waals surface area contributed by atoms with E-state index in [1.807, 2.05) is 0 Å². The highest BCUT2D eigenvalue weighted by Crippen LogP contribution is 2.30. The van der Waals surface area contributed by atoms with Gasteiger partial charge in [0.2, 0.25) is 0 Å². The summed E-state index contributed by atoms with van der Waals surface area (Å²) in [5.41, 5.74) is -1.83. The number of alkyl halides is 3. The van der Waals surface area contributed by atoms with Crippen LogP contribution in [0.2, 0.25) is 0 Å². The second kappa shape index (κ2) is 5.91. The van der Waals surface area contributed by atoms with E-state index in [-0.39, 0.29) is 21.9 Å². The maximum Gasteiger partial charge on any atom is 0.398 e. The highest BCUT2D eigenvalue weighted by molar-refractivity contribution is 7.99. The molecule has 0 saturated carbocycles. The predicted octanol–water partition coefficient (Wildman–Crippen LogP) is 1.98. The molecule has 0 aliphatic carbocycles. The highest BCUT2D eigenvalue weighted by Gasteiger charge is 2.30. The third-order valence-electron chi connectivity index (χ3n) is 3.31. The summed E-state index contributed by atoms with van der Waals surface area (Å²) in [4.78, 5) is 32.9. The molecule has 2 aromatic rings. The van der Waals surface area contributed by atoms with Crippen LogP contribution in [0.4, 0.5) is 13.2 Å². The molecule has 0 N–H and O–H groups in total. The summed E-state index contributed by atoms with van der Waals surface area (Å²) in [6.45, 7) is 5.39. The van der Waals surface area contributed by atoms with Crippen molar-refractivity contribution in [1.82, 2.24) is 19.1 Å². The van der Waals surface area contributed by atoms with Crippen LogP contribution in [0.3, 0.4) is 0 Å². The lowest BCUT2D eigenvalue weighted by Crippen LogP contribution is -2.38. The first kappa shape index (κ1) is 18.5. The number of hydrogen-bond donors (Lipinski definition) is 0. The van der Waals surface area contributed by atoms with Crippen LogP contribution in [0.1, 0.15) is 26.6 Å². The summed E-state index contributed by atoms with van der Waals surface area (Å²) in [7, 11) is 2.68. The Morgan fingerprint density at radius 1 is 1.04 bits per heavy atom. The smallest absolute Gasteiger partial charge is 0.280 e. The van der Waals surface area contributed by atoms with Gasteiger partial charge in [0, 0.05) is 19.5 Å². The third kappa shape index (κ3) is 3.47. The molecule has 24 heavy (non-hydrogen) atoms. The Hall–Kier alpha value is -1.84. The summed E-state index contributed by atoms with van der Waals surface area (Å²) >= 11 is 0.420. The van der Waals surface area contributed by atoms with Gasteiger partial charge in [-0.1, -0.05) is 32.5 Å². The molecule has 0 aliphatic heterocycles. The molecule has 0 radical (unpaired) electrons. The largest absolute Gasteiger partial charge is 0.398 e. The van der Waals surface area contributed by atoms with Gasteiger partial charge in [-0.15, -0.1) is 0 Å². The van der Waals surface area contributed by atoms with Gasteiger partial charge in [0.05, 0.1) is 5.75 Å². The number of nitrogens with zero attached hydrogens (tertiary/aromatic N) is 4. The van der Waals surface area contributed by atoms with E-state index in [1.54, 1.807) is 20.8 Å². The molecule has 0 aromatic carbocycles. The summed E-state index contributed by atoms with van der Waals surface area (Å²) in [6, 6.07) is 0. The monoisotopic (exact) mass is 362 g/mol. The van der Waals surface area contributed by atoms with Gasteiger partial charge in [-0.05, 0) is 0 Å². The van der Waals surface area contributed by atoms with Crippen molar-refractivity contribution in [1.29, 1.82) is 0 Å². The molecule has 6 nitrogen and oxygen atoms in total. The average molecular weight is 362 g/mol. The first-order chi connectivity index (χ1) is 10.8. The molecule has 0 aliphatic rings. The average Bonchev–Trinajstić information content (AvgIpc) is 2.46. The first-order valence-corrected chi connectivity index (χ1v) is 7.99. The molecule has 2 aromatic heterocycles. The molecule has 132 valence electrons. The van der Waals surface area contributed by atoms with Crippen LogP contribution in [0.15, 0.2) is 14.6 Å². The Kier molecular flexibility index (Phi) is 4.55. The number of halogens is 3. The fraction of sp³-hybridized carbons (Fsp3) is 0.571. The Morgan fingerprint density at radius 3 is 2.12 bits per heavy atom. The van der Waals surface area contributed by atoms with Crippen molar-refractivity contribution in [2.24, 2.45) is 14.1 Å². The van der Waals surface area contributed by atoms with Crippen LogP contribution in [0, 0.1) is 0 Å². The Balaban J connectivity index is 2.87. The van der Waals surface area contributed by atoms with Gasteiger partial charge < -0.3 is 0 Å². The van der Waals surface area contributed by atoms with Crippen LogP contribution < -0.4 is 11.2 Å². The number of thioether (sulfide) groups is 1. The van der Waals surface area contributed by atoms with Crippen molar-refractivity contribution in [3.05, 3.63) is 26.7 Å². The zero-order chi connectivity index (χ0) is 18.4.